The van der Waals surface area contributed by atoms with Crippen LogP contribution >= 0.6 is 0 Å². The van der Waals surface area contributed by atoms with Crippen molar-refractivity contribution in [3.63, 3.8) is 0 Å². The average molecular weight is 350 g/mol. The van der Waals surface area contributed by atoms with Gasteiger partial charge < -0.3 is 20.1 Å². The van der Waals surface area contributed by atoms with Gasteiger partial charge >= 0.3 is 12.0 Å². The van der Waals surface area contributed by atoms with Crippen molar-refractivity contribution in [2.75, 3.05) is 17.2 Å². The van der Waals surface area contributed by atoms with Gasteiger partial charge in [0.05, 0.1) is 30.4 Å². The van der Waals surface area contributed by atoms with Gasteiger partial charge in [-0.25, -0.2) is 14.8 Å². The fourth-order valence-corrected chi connectivity index (χ4v) is 2.16. The molecule has 0 bridgehead atoms. The normalized spacial score (nSPS) is 10.0. The summed E-state index contributed by atoms with van der Waals surface area (Å²) < 4.78 is 11.0. The van der Waals surface area contributed by atoms with Crippen molar-refractivity contribution in [3.8, 4) is 17.5 Å². The number of para-hydroxylation sites is 3. The van der Waals surface area contributed by atoms with Gasteiger partial charge in [0.15, 0.2) is 0 Å². The Morgan fingerprint density at radius 1 is 0.962 bits per heavy atom. The zero-order chi connectivity index (χ0) is 18.2. The van der Waals surface area contributed by atoms with Gasteiger partial charge in [-0.05, 0) is 31.2 Å². The Bertz CT molecular complexity index is 854. The SMILES string of the molecule is CCOc1ccccc1NC(=O)Nc1cnc(Oc2ccccc2)nc1. The lowest BCUT2D eigenvalue weighted by molar-refractivity contribution is 0.262. The molecule has 7 nitrogen and oxygen atoms in total. The number of nitrogens with zero attached hydrogens (tertiary/aromatic N) is 2. The van der Waals surface area contributed by atoms with E-state index in [-0.39, 0.29) is 6.01 Å². The molecule has 3 aromatic rings. The fourth-order valence-electron chi connectivity index (χ4n) is 2.16. The number of carbonyl (C=O) groups is 1. The molecule has 3 rings (SSSR count). The molecule has 132 valence electrons. The highest BCUT2D eigenvalue weighted by Crippen LogP contribution is 2.24. The van der Waals surface area contributed by atoms with Crippen LogP contribution in [0.4, 0.5) is 16.2 Å². The van der Waals surface area contributed by atoms with Crippen LogP contribution in [-0.4, -0.2) is 22.6 Å². The Hall–Kier alpha value is -3.61. The zero-order valence-corrected chi connectivity index (χ0v) is 14.2. The number of urea groups is 1. The van der Waals surface area contributed by atoms with E-state index >= 15 is 0 Å². The monoisotopic (exact) mass is 350 g/mol. The van der Waals surface area contributed by atoms with E-state index in [9.17, 15) is 4.79 Å². The van der Waals surface area contributed by atoms with Crippen molar-refractivity contribution in [2.45, 2.75) is 6.92 Å². The van der Waals surface area contributed by atoms with Crippen LogP contribution in [0, 0.1) is 0 Å². The van der Waals surface area contributed by atoms with Crippen molar-refractivity contribution in [1.29, 1.82) is 0 Å². The minimum atomic E-state index is -0.419. The summed E-state index contributed by atoms with van der Waals surface area (Å²) in [6.07, 6.45) is 2.94. The molecule has 0 atom stereocenters. The van der Waals surface area contributed by atoms with Gasteiger partial charge in [-0.15, -0.1) is 0 Å². The van der Waals surface area contributed by atoms with Crippen LogP contribution in [0.5, 0.6) is 17.5 Å². The number of amides is 2. The summed E-state index contributed by atoms with van der Waals surface area (Å²) in [5.74, 6) is 1.24. The van der Waals surface area contributed by atoms with Gasteiger partial charge in [0.2, 0.25) is 0 Å². The quantitative estimate of drug-likeness (QED) is 0.692. The van der Waals surface area contributed by atoms with E-state index in [0.29, 0.717) is 29.5 Å². The Morgan fingerprint density at radius 3 is 2.38 bits per heavy atom. The molecule has 0 spiro atoms. The molecule has 0 radical (unpaired) electrons. The molecule has 0 unspecified atom stereocenters. The van der Waals surface area contributed by atoms with Crippen molar-refractivity contribution >= 4 is 17.4 Å². The highest BCUT2D eigenvalue weighted by Gasteiger charge is 2.08. The number of hydrogen-bond acceptors (Lipinski definition) is 5. The average Bonchev–Trinajstić information content (AvgIpc) is 2.66. The topological polar surface area (TPSA) is 85.4 Å². The van der Waals surface area contributed by atoms with Crippen molar-refractivity contribution in [1.82, 2.24) is 9.97 Å². The first-order valence-electron chi connectivity index (χ1n) is 8.09. The molecule has 0 aliphatic heterocycles. The maximum atomic E-state index is 12.1. The molecule has 26 heavy (non-hydrogen) atoms. The predicted octanol–water partition coefficient (Wildman–Crippen LogP) is 4.31. The summed E-state index contributed by atoms with van der Waals surface area (Å²) in [4.78, 5) is 20.3. The third-order valence-corrected chi connectivity index (χ3v) is 3.27. The predicted molar refractivity (Wildman–Crippen MR) is 98.8 cm³/mol. The molecule has 0 saturated heterocycles. The van der Waals surface area contributed by atoms with E-state index in [1.807, 2.05) is 37.3 Å². The van der Waals surface area contributed by atoms with Gasteiger partial charge in [0.25, 0.3) is 0 Å². The van der Waals surface area contributed by atoms with Gasteiger partial charge in [0, 0.05) is 0 Å². The lowest BCUT2D eigenvalue weighted by atomic mass is 10.3. The molecule has 0 fully saturated rings. The van der Waals surface area contributed by atoms with E-state index in [0.717, 1.165) is 0 Å². The first-order chi connectivity index (χ1) is 12.7. The molecule has 2 N–H and O–H groups in total. The summed E-state index contributed by atoms with van der Waals surface area (Å²) in [7, 11) is 0. The largest absolute Gasteiger partial charge is 0.492 e. The first kappa shape index (κ1) is 17.2. The van der Waals surface area contributed by atoms with E-state index < -0.39 is 6.03 Å². The van der Waals surface area contributed by atoms with Gasteiger partial charge in [-0.3, -0.25) is 0 Å². The summed E-state index contributed by atoms with van der Waals surface area (Å²) in [6, 6.07) is 16.2. The zero-order valence-electron chi connectivity index (χ0n) is 14.2. The van der Waals surface area contributed by atoms with Crippen LogP contribution in [0.15, 0.2) is 67.0 Å². The van der Waals surface area contributed by atoms with Gasteiger partial charge in [-0.1, -0.05) is 30.3 Å². The maximum Gasteiger partial charge on any atom is 0.323 e. The number of benzene rings is 2. The Labute approximate surface area is 151 Å². The molecule has 0 aliphatic rings. The van der Waals surface area contributed by atoms with Crippen LogP contribution < -0.4 is 20.1 Å². The lowest BCUT2D eigenvalue weighted by Crippen LogP contribution is -2.20. The minimum absolute atomic E-state index is 0.198. The van der Waals surface area contributed by atoms with Gasteiger partial charge in [0.1, 0.15) is 11.5 Å². The van der Waals surface area contributed by atoms with Crippen LogP contribution in [0.1, 0.15) is 6.92 Å². The second kappa shape index (κ2) is 8.48. The van der Waals surface area contributed by atoms with Crippen LogP contribution in [0.2, 0.25) is 0 Å². The molecule has 2 aromatic carbocycles. The lowest BCUT2D eigenvalue weighted by Gasteiger charge is -2.12. The van der Waals surface area contributed by atoms with Crippen LogP contribution in [0.25, 0.3) is 0 Å². The maximum absolute atomic E-state index is 12.1. The second-order valence-corrected chi connectivity index (χ2v) is 5.18. The molecular weight excluding hydrogens is 332 g/mol. The molecule has 0 aliphatic carbocycles. The number of hydrogen-bond donors (Lipinski definition) is 2. The fraction of sp³-hybridized carbons (Fsp3) is 0.105. The third-order valence-electron chi connectivity index (χ3n) is 3.27. The summed E-state index contributed by atoms with van der Waals surface area (Å²) in [5, 5.41) is 5.40. The summed E-state index contributed by atoms with van der Waals surface area (Å²) in [6.45, 7) is 2.39. The number of nitrogens with one attached hydrogen (secondary N) is 2. The standard InChI is InChI=1S/C19H18N4O3/c1-2-25-17-11-7-6-10-16(17)23-18(24)22-14-12-20-19(21-13-14)26-15-8-4-3-5-9-15/h3-13H,2H2,1H3,(H2,22,23,24). The Kier molecular flexibility index (Phi) is 5.61. The highest BCUT2D eigenvalue weighted by molar-refractivity contribution is 6.00. The molecule has 7 heteroatoms. The van der Waals surface area contributed by atoms with E-state index in [1.54, 1.807) is 24.3 Å². The van der Waals surface area contributed by atoms with Crippen molar-refractivity contribution < 1.29 is 14.3 Å². The smallest absolute Gasteiger partial charge is 0.323 e. The molecule has 2 amide bonds. The number of aromatic nitrogens is 2. The third kappa shape index (κ3) is 4.70. The number of ether oxygens (including phenoxy) is 2. The van der Waals surface area contributed by atoms with E-state index in [4.69, 9.17) is 9.47 Å². The van der Waals surface area contributed by atoms with Crippen LogP contribution in [0.3, 0.4) is 0 Å². The number of rotatable bonds is 6. The molecule has 1 heterocycles. The van der Waals surface area contributed by atoms with E-state index in [1.165, 1.54) is 12.4 Å². The summed E-state index contributed by atoms with van der Waals surface area (Å²) in [5.41, 5.74) is 1.02. The molecule has 0 saturated carbocycles. The second-order valence-electron chi connectivity index (χ2n) is 5.18. The first-order valence-corrected chi connectivity index (χ1v) is 8.09. The summed E-state index contributed by atoms with van der Waals surface area (Å²) >= 11 is 0. The van der Waals surface area contributed by atoms with Gasteiger partial charge in [-0.2, -0.15) is 0 Å². The minimum Gasteiger partial charge on any atom is -0.492 e. The number of carbonyl (C=O) groups excluding carboxylic acids is 1. The number of anilines is 2. The Morgan fingerprint density at radius 2 is 1.65 bits per heavy atom. The molecule has 1 aromatic heterocycles. The molecular formula is C19H18N4O3. The van der Waals surface area contributed by atoms with E-state index in [2.05, 4.69) is 20.6 Å². The van der Waals surface area contributed by atoms with Crippen LogP contribution in [-0.2, 0) is 0 Å². The van der Waals surface area contributed by atoms with Crippen molar-refractivity contribution in [2.24, 2.45) is 0 Å². The Balaban J connectivity index is 1.59. The van der Waals surface area contributed by atoms with Crippen molar-refractivity contribution in [3.05, 3.63) is 67.0 Å². The highest BCUT2D eigenvalue weighted by atomic mass is 16.5.